The first-order valence-corrected chi connectivity index (χ1v) is 8.71. The minimum absolute atomic E-state index is 0.247. The van der Waals surface area contributed by atoms with Gasteiger partial charge in [-0.05, 0) is 46.0 Å². The Morgan fingerprint density at radius 3 is 2.60 bits per heavy atom. The molecule has 3 rings (SSSR count). The van der Waals surface area contributed by atoms with Crippen molar-refractivity contribution < 1.29 is 4.74 Å². The largest absolute Gasteiger partial charge is 0.377 e. The topological polar surface area (TPSA) is 24.5 Å². The van der Waals surface area contributed by atoms with E-state index in [0.29, 0.717) is 11.6 Å². The van der Waals surface area contributed by atoms with Gasteiger partial charge in [-0.2, -0.15) is 0 Å². The van der Waals surface area contributed by atoms with Crippen molar-refractivity contribution in [1.29, 1.82) is 0 Å². The fourth-order valence-electron chi connectivity index (χ4n) is 4.37. The highest BCUT2D eigenvalue weighted by Gasteiger charge is 2.45. The molecular weight excluding hydrogens is 248 g/mol. The molecule has 1 unspecified atom stereocenters. The fourth-order valence-corrected chi connectivity index (χ4v) is 4.37. The van der Waals surface area contributed by atoms with E-state index in [0.717, 1.165) is 13.2 Å². The van der Waals surface area contributed by atoms with E-state index in [1.807, 2.05) is 0 Å². The minimum Gasteiger partial charge on any atom is -0.377 e. The van der Waals surface area contributed by atoms with Gasteiger partial charge in [-0.1, -0.05) is 19.3 Å². The molecule has 0 aromatic heterocycles. The van der Waals surface area contributed by atoms with Crippen LogP contribution in [0.15, 0.2) is 0 Å². The van der Waals surface area contributed by atoms with E-state index in [-0.39, 0.29) is 5.54 Å². The van der Waals surface area contributed by atoms with Gasteiger partial charge in [0.15, 0.2) is 0 Å². The number of ether oxygens (including phenoxy) is 1. The van der Waals surface area contributed by atoms with Crippen LogP contribution in [0.1, 0.15) is 65.2 Å². The lowest BCUT2D eigenvalue weighted by atomic mass is 9.76. The number of nitrogens with zero attached hydrogens (tertiary/aromatic N) is 1. The molecule has 1 saturated carbocycles. The molecule has 3 fully saturated rings. The summed E-state index contributed by atoms with van der Waals surface area (Å²) in [7, 11) is 0. The van der Waals surface area contributed by atoms with Gasteiger partial charge < -0.3 is 10.1 Å². The van der Waals surface area contributed by atoms with E-state index in [1.165, 1.54) is 64.5 Å². The summed E-state index contributed by atoms with van der Waals surface area (Å²) >= 11 is 0. The third-order valence-corrected chi connectivity index (χ3v) is 5.64. The highest BCUT2D eigenvalue weighted by Crippen LogP contribution is 2.37. The van der Waals surface area contributed by atoms with Gasteiger partial charge in [0, 0.05) is 37.3 Å². The van der Waals surface area contributed by atoms with Crippen molar-refractivity contribution in [2.24, 2.45) is 0 Å². The van der Waals surface area contributed by atoms with Gasteiger partial charge in [0.05, 0.1) is 6.10 Å². The number of piperazine rings is 1. The second kappa shape index (κ2) is 5.94. The Balaban J connectivity index is 1.70. The summed E-state index contributed by atoms with van der Waals surface area (Å²) in [6, 6.07) is 0. The number of nitrogens with one attached hydrogen (secondary N) is 1. The molecule has 2 saturated heterocycles. The molecular formula is C17H32N2O. The third kappa shape index (κ3) is 3.20. The normalized spacial score (nSPS) is 34.2. The quantitative estimate of drug-likeness (QED) is 0.841. The highest BCUT2D eigenvalue weighted by molar-refractivity contribution is 5.04. The Labute approximate surface area is 124 Å². The Bertz CT molecular complexity index is 317. The van der Waals surface area contributed by atoms with Crippen LogP contribution >= 0.6 is 0 Å². The third-order valence-electron chi connectivity index (χ3n) is 5.64. The summed E-state index contributed by atoms with van der Waals surface area (Å²) < 4.78 is 6.02. The van der Waals surface area contributed by atoms with E-state index >= 15 is 0 Å². The predicted molar refractivity (Wildman–Crippen MR) is 83.1 cm³/mol. The summed E-state index contributed by atoms with van der Waals surface area (Å²) in [5.74, 6) is 0. The number of rotatable bonds is 2. The molecule has 1 N–H and O–H groups in total. The van der Waals surface area contributed by atoms with Gasteiger partial charge >= 0.3 is 0 Å². The molecule has 2 aliphatic heterocycles. The average Bonchev–Trinajstić information content (AvgIpc) is 2.46. The van der Waals surface area contributed by atoms with Crippen molar-refractivity contribution in [3.8, 4) is 0 Å². The molecule has 3 aliphatic rings. The maximum Gasteiger partial charge on any atom is 0.0702 e. The van der Waals surface area contributed by atoms with Gasteiger partial charge in [-0.3, -0.25) is 4.90 Å². The Kier molecular flexibility index (Phi) is 4.40. The lowest BCUT2D eigenvalue weighted by molar-refractivity contribution is -0.0659. The zero-order valence-electron chi connectivity index (χ0n) is 13.4. The summed E-state index contributed by atoms with van der Waals surface area (Å²) in [5, 5.41) is 3.80. The minimum atomic E-state index is 0.247. The molecule has 0 amide bonds. The van der Waals surface area contributed by atoms with Crippen LogP contribution in [-0.4, -0.2) is 48.3 Å². The lowest BCUT2D eigenvalue weighted by Gasteiger charge is -2.55. The monoisotopic (exact) mass is 280 g/mol. The molecule has 3 heteroatoms. The second-order valence-electron chi connectivity index (χ2n) is 7.89. The smallest absolute Gasteiger partial charge is 0.0702 e. The van der Waals surface area contributed by atoms with Gasteiger partial charge in [-0.15, -0.1) is 0 Å². The molecule has 3 nitrogen and oxygen atoms in total. The van der Waals surface area contributed by atoms with E-state index in [4.69, 9.17) is 4.74 Å². The SMILES string of the molecule is CC1(C)CN(CC2CCCCO2)C2(CCCCC2)CN1. The molecule has 0 aromatic carbocycles. The molecule has 20 heavy (non-hydrogen) atoms. The standard InChI is InChI=1S/C17H32N2O/c1-16(2)14-19(12-15-8-4-7-11-20-15)17(13-18-16)9-5-3-6-10-17/h15,18H,3-14H2,1-2H3. The van der Waals surface area contributed by atoms with Crippen LogP contribution in [0.3, 0.4) is 0 Å². The fraction of sp³-hybridized carbons (Fsp3) is 1.00. The van der Waals surface area contributed by atoms with Crippen LogP contribution in [0.5, 0.6) is 0 Å². The van der Waals surface area contributed by atoms with Gasteiger partial charge in [-0.25, -0.2) is 0 Å². The van der Waals surface area contributed by atoms with Gasteiger partial charge in [0.25, 0.3) is 0 Å². The Morgan fingerprint density at radius 1 is 1.10 bits per heavy atom. The first-order chi connectivity index (χ1) is 9.60. The van der Waals surface area contributed by atoms with Gasteiger partial charge in [0.2, 0.25) is 0 Å². The van der Waals surface area contributed by atoms with E-state index in [2.05, 4.69) is 24.1 Å². The van der Waals surface area contributed by atoms with Crippen molar-refractivity contribution in [3.05, 3.63) is 0 Å². The second-order valence-corrected chi connectivity index (χ2v) is 7.89. The summed E-state index contributed by atoms with van der Waals surface area (Å²) in [6.07, 6.45) is 11.4. The zero-order valence-corrected chi connectivity index (χ0v) is 13.4. The van der Waals surface area contributed by atoms with Crippen LogP contribution in [0.2, 0.25) is 0 Å². The van der Waals surface area contributed by atoms with Crippen LogP contribution in [-0.2, 0) is 4.74 Å². The Morgan fingerprint density at radius 2 is 1.90 bits per heavy atom. The van der Waals surface area contributed by atoms with Crippen LogP contribution in [0.4, 0.5) is 0 Å². The lowest BCUT2D eigenvalue weighted by Crippen LogP contribution is -2.69. The molecule has 1 aliphatic carbocycles. The summed E-state index contributed by atoms with van der Waals surface area (Å²) in [5.41, 5.74) is 0.673. The highest BCUT2D eigenvalue weighted by atomic mass is 16.5. The van der Waals surface area contributed by atoms with Crippen LogP contribution in [0, 0.1) is 0 Å². The van der Waals surface area contributed by atoms with Crippen LogP contribution in [0.25, 0.3) is 0 Å². The molecule has 0 radical (unpaired) electrons. The maximum absolute atomic E-state index is 6.02. The maximum atomic E-state index is 6.02. The van der Waals surface area contributed by atoms with Crippen molar-refractivity contribution in [2.45, 2.75) is 82.4 Å². The summed E-state index contributed by atoms with van der Waals surface area (Å²) in [4.78, 5) is 2.80. The number of hydrogen-bond donors (Lipinski definition) is 1. The van der Waals surface area contributed by atoms with E-state index < -0.39 is 0 Å². The molecule has 1 atom stereocenters. The van der Waals surface area contributed by atoms with Crippen LogP contribution < -0.4 is 5.32 Å². The van der Waals surface area contributed by atoms with Crippen molar-refractivity contribution in [1.82, 2.24) is 10.2 Å². The van der Waals surface area contributed by atoms with Gasteiger partial charge in [0.1, 0.15) is 0 Å². The molecule has 0 bridgehead atoms. The molecule has 116 valence electrons. The Hall–Kier alpha value is -0.120. The van der Waals surface area contributed by atoms with Crippen molar-refractivity contribution in [2.75, 3.05) is 26.2 Å². The zero-order chi connectivity index (χ0) is 14.1. The van der Waals surface area contributed by atoms with E-state index in [1.54, 1.807) is 0 Å². The van der Waals surface area contributed by atoms with Crippen molar-refractivity contribution >= 4 is 0 Å². The number of hydrogen-bond acceptors (Lipinski definition) is 3. The van der Waals surface area contributed by atoms with E-state index in [9.17, 15) is 0 Å². The average molecular weight is 280 g/mol. The predicted octanol–water partition coefficient (Wildman–Crippen LogP) is 2.94. The summed E-state index contributed by atoms with van der Waals surface area (Å²) in [6.45, 7) is 9.17. The molecule has 0 aromatic rings. The first-order valence-electron chi connectivity index (χ1n) is 8.71. The molecule has 1 spiro atoms. The molecule has 2 heterocycles. The van der Waals surface area contributed by atoms with Crippen molar-refractivity contribution in [3.63, 3.8) is 0 Å². The first kappa shape index (κ1) is 14.8.